The number of hydrogen-bond acceptors (Lipinski definition) is 5. The van der Waals surface area contributed by atoms with Crippen molar-refractivity contribution < 1.29 is 4.74 Å². The van der Waals surface area contributed by atoms with Gasteiger partial charge < -0.3 is 15.8 Å². The summed E-state index contributed by atoms with van der Waals surface area (Å²) in [5.41, 5.74) is 7.94. The second-order valence-corrected chi connectivity index (χ2v) is 4.53. The molecule has 2 aromatic rings. The van der Waals surface area contributed by atoms with E-state index < -0.39 is 0 Å². The molecule has 0 aliphatic heterocycles. The Kier molecular flexibility index (Phi) is 3.95. The second-order valence-electron chi connectivity index (χ2n) is 3.72. The molecule has 0 aliphatic carbocycles. The van der Waals surface area contributed by atoms with Crippen LogP contribution in [0.4, 0.5) is 10.8 Å². The highest BCUT2D eigenvalue weighted by Crippen LogP contribution is 2.18. The minimum atomic E-state index is 0.561. The van der Waals surface area contributed by atoms with Crippen molar-refractivity contribution in [1.29, 1.82) is 0 Å². The molecule has 0 saturated heterocycles. The highest BCUT2D eigenvalue weighted by Gasteiger charge is 1.99. The fourth-order valence-corrected chi connectivity index (χ4v) is 2.12. The molecule has 0 unspecified atom stereocenters. The average molecular weight is 249 g/mol. The quantitative estimate of drug-likeness (QED) is 0.854. The first kappa shape index (κ1) is 11.9. The van der Waals surface area contributed by atoms with Gasteiger partial charge in [-0.3, -0.25) is 0 Å². The van der Waals surface area contributed by atoms with Crippen molar-refractivity contribution in [3.05, 3.63) is 41.5 Å². The van der Waals surface area contributed by atoms with Gasteiger partial charge in [-0.25, -0.2) is 0 Å². The zero-order valence-corrected chi connectivity index (χ0v) is 10.5. The van der Waals surface area contributed by atoms with Crippen molar-refractivity contribution >= 4 is 22.4 Å². The summed E-state index contributed by atoms with van der Waals surface area (Å²) in [6.07, 6.45) is 0. The molecule has 90 valence electrons. The number of ether oxygens (including phenoxy) is 1. The van der Waals surface area contributed by atoms with E-state index in [1.165, 1.54) is 22.7 Å². The van der Waals surface area contributed by atoms with E-state index in [0.717, 1.165) is 11.5 Å². The standard InChI is InChI=1S/C12H15N3OS/c1-16-8-10-4-2-3-9(5-10)7-14-12-6-11(13)15-17-12/h2-6,14H,7-8H2,1H3,(H2,13,15). The SMILES string of the molecule is COCc1cccc(CNc2cc(N)ns2)c1. The number of anilines is 2. The molecule has 0 radical (unpaired) electrons. The van der Waals surface area contributed by atoms with E-state index in [9.17, 15) is 0 Å². The lowest BCUT2D eigenvalue weighted by Gasteiger charge is -2.05. The molecule has 0 aliphatic rings. The van der Waals surface area contributed by atoms with Crippen molar-refractivity contribution in [3.8, 4) is 0 Å². The highest BCUT2D eigenvalue weighted by molar-refractivity contribution is 7.10. The van der Waals surface area contributed by atoms with Gasteiger partial charge in [0.05, 0.1) is 6.61 Å². The number of benzene rings is 1. The van der Waals surface area contributed by atoms with Crippen molar-refractivity contribution in [3.63, 3.8) is 0 Å². The summed E-state index contributed by atoms with van der Waals surface area (Å²) in [5.74, 6) is 0.561. The average Bonchev–Trinajstić information content (AvgIpc) is 2.74. The Bertz CT molecular complexity index is 484. The van der Waals surface area contributed by atoms with Crippen LogP contribution in [0.5, 0.6) is 0 Å². The van der Waals surface area contributed by atoms with Crippen molar-refractivity contribution in [2.45, 2.75) is 13.2 Å². The van der Waals surface area contributed by atoms with E-state index in [4.69, 9.17) is 10.5 Å². The third-order valence-corrected chi connectivity index (χ3v) is 3.06. The van der Waals surface area contributed by atoms with Crippen LogP contribution in [0.15, 0.2) is 30.3 Å². The van der Waals surface area contributed by atoms with Crippen LogP contribution in [0.3, 0.4) is 0 Å². The lowest BCUT2D eigenvalue weighted by atomic mass is 10.1. The number of rotatable bonds is 5. The third-order valence-electron chi connectivity index (χ3n) is 2.30. The molecule has 0 spiro atoms. The number of nitrogens with two attached hydrogens (primary N) is 1. The van der Waals surface area contributed by atoms with Gasteiger partial charge in [-0.05, 0) is 22.7 Å². The lowest BCUT2D eigenvalue weighted by molar-refractivity contribution is 0.185. The molecule has 1 aromatic heterocycles. The van der Waals surface area contributed by atoms with E-state index in [0.29, 0.717) is 12.4 Å². The van der Waals surface area contributed by atoms with E-state index in [1.54, 1.807) is 7.11 Å². The van der Waals surface area contributed by atoms with Crippen molar-refractivity contribution in [2.75, 3.05) is 18.2 Å². The normalized spacial score (nSPS) is 10.4. The summed E-state index contributed by atoms with van der Waals surface area (Å²) < 4.78 is 9.12. The fraction of sp³-hybridized carbons (Fsp3) is 0.250. The second kappa shape index (κ2) is 5.65. The molecule has 5 heteroatoms. The zero-order valence-electron chi connectivity index (χ0n) is 9.64. The maximum atomic E-state index is 5.55. The molecule has 3 N–H and O–H groups in total. The Hall–Kier alpha value is -1.59. The number of nitrogen functional groups attached to an aromatic ring is 1. The van der Waals surface area contributed by atoms with Gasteiger partial charge in [-0.15, -0.1) is 0 Å². The summed E-state index contributed by atoms with van der Waals surface area (Å²) in [6.45, 7) is 1.40. The molecule has 4 nitrogen and oxygen atoms in total. The zero-order chi connectivity index (χ0) is 12.1. The van der Waals surface area contributed by atoms with E-state index in [1.807, 2.05) is 12.1 Å². The predicted molar refractivity (Wildman–Crippen MR) is 71.0 cm³/mol. The molecule has 0 saturated carbocycles. The van der Waals surface area contributed by atoms with Gasteiger partial charge in [0.15, 0.2) is 0 Å². The van der Waals surface area contributed by atoms with Crippen molar-refractivity contribution in [1.82, 2.24) is 4.37 Å². The minimum Gasteiger partial charge on any atom is -0.383 e. The summed E-state index contributed by atoms with van der Waals surface area (Å²) >= 11 is 1.37. The molecular formula is C12H15N3OS. The molecule has 1 heterocycles. The van der Waals surface area contributed by atoms with Crippen LogP contribution < -0.4 is 11.1 Å². The Balaban J connectivity index is 1.96. The Morgan fingerprint density at radius 3 is 2.88 bits per heavy atom. The third kappa shape index (κ3) is 3.44. The Morgan fingerprint density at radius 2 is 2.18 bits per heavy atom. The van der Waals surface area contributed by atoms with Crippen LogP contribution in [0.1, 0.15) is 11.1 Å². The number of nitrogens with zero attached hydrogens (tertiary/aromatic N) is 1. The number of hydrogen-bond donors (Lipinski definition) is 2. The lowest BCUT2D eigenvalue weighted by Crippen LogP contribution is -1.98. The molecule has 0 amide bonds. The summed E-state index contributed by atoms with van der Waals surface area (Å²) in [7, 11) is 1.70. The van der Waals surface area contributed by atoms with Gasteiger partial charge in [-0.1, -0.05) is 24.3 Å². The van der Waals surface area contributed by atoms with Crippen LogP contribution in [0.2, 0.25) is 0 Å². The maximum absolute atomic E-state index is 5.55. The van der Waals surface area contributed by atoms with Gasteiger partial charge in [0.2, 0.25) is 0 Å². The van der Waals surface area contributed by atoms with Crippen LogP contribution in [-0.4, -0.2) is 11.5 Å². The largest absolute Gasteiger partial charge is 0.383 e. The highest BCUT2D eigenvalue weighted by atomic mass is 32.1. The summed E-state index contributed by atoms with van der Waals surface area (Å²) in [4.78, 5) is 0. The number of nitrogens with one attached hydrogen (secondary N) is 1. The van der Waals surface area contributed by atoms with Crippen LogP contribution in [0.25, 0.3) is 0 Å². The first-order chi connectivity index (χ1) is 8.28. The monoisotopic (exact) mass is 249 g/mol. The summed E-state index contributed by atoms with van der Waals surface area (Å²) in [5, 5.41) is 4.27. The van der Waals surface area contributed by atoms with Gasteiger partial charge in [0.25, 0.3) is 0 Å². The van der Waals surface area contributed by atoms with Crippen LogP contribution in [0, 0.1) is 0 Å². The number of aromatic nitrogens is 1. The Labute approximate surface area is 105 Å². The number of methoxy groups -OCH3 is 1. The molecule has 0 fully saturated rings. The van der Waals surface area contributed by atoms with E-state index >= 15 is 0 Å². The smallest absolute Gasteiger partial charge is 0.139 e. The summed E-state index contributed by atoms with van der Waals surface area (Å²) in [6, 6.07) is 10.1. The molecule has 0 atom stereocenters. The van der Waals surface area contributed by atoms with Gasteiger partial charge in [0, 0.05) is 19.7 Å². The maximum Gasteiger partial charge on any atom is 0.139 e. The van der Waals surface area contributed by atoms with Crippen molar-refractivity contribution in [2.24, 2.45) is 0 Å². The fourth-order valence-electron chi connectivity index (χ4n) is 1.56. The van der Waals surface area contributed by atoms with Gasteiger partial charge in [0.1, 0.15) is 10.8 Å². The molecular weight excluding hydrogens is 234 g/mol. The van der Waals surface area contributed by atoms with E-state index in [2.05, 4.69) is 27.9 Å². The molecule has 17 heavy (non-hydrogen) atoms. The molecule has 1 aromatic carbocycles. The van der Waals surface area contributed by atoms with Gasteiger partial charge in [-0.2, -0.15) is 4.37 Å². The minimum absolute atomic E-state index is 0.561. The topological polar surface area (TPSA) is 60.2 Å². The first-order valence-electron chi connectivity index (χ1n) is 5.31. The van der Waals surface area contributed by atoms with Gasteiger partial charge >= 0.3 is 0 Å². The van der Waals surface area contributed by atoms with Crippen LogP contribution >= 0.6 is 11.5 Å². The predicted octanol–water partition coefficient (Wildman–Crippen LogP) is 2.48. The molecule has 0 bridgehead atoms. The first-order valence-corrected chi connectivity index (χ1v) is 6.08. The van der Waals surface area contributed by atoms with E-state index in [-0.39, 0.29) is 0 Å². The van der Waals surface area contributed by atoms with Crippen LogP contribution in [-0.2, 0) is 17.9 Å². The Morgan fingerprint density at radius 1 is 1.35 bits per heavy atom. The molecule has 2 rings (SSSR count).